The van der Waals surface area contributed by atoms with Crippen molar-refractivity contribution in [1.82, 2.24) is 19.7 Å². The summed E-state index contributed by atoms with van der Waals surface area (Å²) in [5.74, 6) is -0.845. The van der Waals surface area contributed by atoms with E-state index in [9.17, 15) is 14.4 Å². The Morgan fingerprint density at radius 1 is 1.03 bits per heavy atom. The van der Waals surface area contributed by atoms with Gasteiger partial charge in [0.15, 0.2) is 0 Å². The minimum absolute atomic E-state index is 0.0428. The van der Waals surface area contributed by atoms with E-state index < -0.39 is 5.92 Å². The van der Waals surface area contributed by atoms with Crippen LogP contribution in [0.2, 0.25) is 0 Å². The summed E-state index contributed by atoms with van der Waals surface area (Å²) in [6, 6.07) is 14.9. The Labute approximate surface area is 183 Å². The van der Waals surface area contributed by atoms with Gasteiger partial charge in [-0.15, -0.1) is 0 Å². The van der Waals surface area contributed by atoms with Crippen molar-refractivity contribution >= 4 is 28.5 Å². The van der Waals surface area contributed by atoms with Gasteiger partial charge in [-0.05, 0) is 42.7 Å². The molecule has 1 aliphatic rings. The number of aromatic nitrogens is 4. The van der Waals surface area contributed by atoms with Crippen molar-refractivity contribution < 1.29 is 9.59 Å². The Bertz CT molecular complexity index is 1370. The summed E-state index contributed by atoms with van der Waals surface area (Å²) in [7, 11) is 0. The molecule has 32 heavy (non-hydrogen) atoms. The van der Waals surface area contributed by atoms with E-state index in [1.54, 1.807) is 19.1 Å². The first-order valence-electron chi connectivity index (χ1n) is 10.6. The number of imidazole rings is 1. The quantitative estimate of drug-likeness (QED) is 0.484. The van der Waals surface area contributed by atoms with Crippen molar-refractivity contribution in [3.8, 4) is 5.95 Å². The summed E-state index contributed by atoms with van der Waals surface area (Å²) < 4.78 is 1.29. The smallest absolute Gasteiger partial charge is 0.278 e. The van der Waals surface area contributed by atoms with E-state index in [-0.39, 0.29) is 23.8 Å². The van der Waals surface area contributed by atoms with Gasteiger partial charge < -0.3 is 4.98 Å². The Kier molecular flexibility index (Phi) is 4.58. The van der Waals surface area contributed by atoms with E-state index >= 15 is 0 Å². The van der Waals surface area contributed by atoms with Gasteiger partial charge in [0.2, 0.25) is 17.8 Å². The molecule has 2 amide bonds. The number of rotatable bonds is 4. The highest BCUT2D eigenvalue weighted by molar-refractivity contribution is 6.22. The molecule has 2 N–H and O–H groups in total. The molecule has 4 aromatic rings. The number of fused-ring (bicyclic) bond motifs is 1. The Hall–Kier alpha value is -3.94. The van der Waals surface area contributed by atoms with Crippen LogP contribution in [0.15, 0.2) is 53.3 Å². The number of imide groups is 1. The second kappa shape index (κ2) is 7.33. The van der Waals surface area contributed by atoms with Crippen LogP contribution in [-0.2, 0) is 9.59 Å². The van der Waals surface area contributed by atoms with E-state index in [1.807, 2.05) is 36.4 Å². The molecular formula is C24H23N5O3. The SMILES string of the molecule is Cc1[nH]n(-c2nc3ccccc3[nH]2)c(=O)c1[C@@H]1CC(=O)N(c2ccc(C(C)C)cc2)C1=O. The van der Waals surface area contributed by atoms with Crippen LogP contribution in [0.4, 0.5) is 5.69 Å². The lowest BCUT2D eigenvalue weighted by Crippen LogP contribution is -2.31. The molecule has 2 aromatic carbocycles. The summed E-state index contributed by atoms with van der Waals surface area (Å²) in [6.07, 6.45) is -0.0428. The molecule has 0 unspecified atom stereocenters. The van der Waals surface area contributed by atoms with E-state index in [1.165, 1.54) is 9.58 Å². The Morgan fingerprint density at radius 3 is 2.44 bits per heavy atom. The van der Waals surface area contributed by atoms with Gasteiger partial charge in [0.05, 0.1) is 28.2 Å². The van der Waals surface area contributed by atoms with Gasteiger partial charge in [0.25, 0.3) is 5.56 Å². The van der Waals surface area contributed by atoms with Gasteiger partial charge in [0.1, 0.15) is 0 Å². The third kappa shape index (κ3) is 3.07. The number of para-hydroxylation sites is 2. The zero-order valence-electron chi connectivity index (χ0n) is 18.0. The van der Waals surface area contributed by atoms with Crippen LogP contribution >= 0.6 is 0 Å². The number of amides is 2. The molecule has 8 nitrogen and oxygen atoms in total. The Morgan fingerprint density at radius 2 is 1.75 bits per heavy atom. The number of anilines is 1. The predicted octanol–water partition coefficient (Wildman–Crippen LogP) is 3.52. The monoisotopic (exact) mass is 429 g/mol. The average Bonchev–Trinajstić information content (AvgIpc) is 3.41. The second-order valence-electron chi connectivity index (χ2n) is 8.44. The zero-order valence-corrected chi connectivity index (χ0v) is 18.0. The third-order valence-electron chi connectivity index (χ3n) is 6.02. The largest absolute Gasteiger partial charge is 0.322 e. The van der Waals surface area contributed by atoms with Crippen molar-refractivity contribution in [3.05, 3.63) is 75.7 Å². The van der Waals surface area contributed by atoms with Crippen LogP contribution in [0.1, 0.15) is 48.9 Å². The predicted molar refractivity (Wildman–Crippen MR) is 121 cm³/mol. The maximum Gasteiger partial charge on any atom is 0.278 e. The number of H-pyrrole nitrogens is 2. The zero-order chi connectivity index (χ0) is 22.6. The molecule has 1 fully saturated rings. The molecule has 1 atom stereocenters. The maximum absolute atomic E-state index is 13.3. The fraction of sp³-hybridized carbons (Fsp3) is 0.250. The first kappa shape index (κ1) is 20.0. The molecule has 1 saturated heterocycles. The number of aromatic amines is 2. The molecule has 0 bridgehead atoms. The van der Waals surface area contributed by atoms with Crippen LogP contribution in [0.5, 0.6) is 0 Å². The van der Waals surface area contributed by atoms with Crippen LogP contribution in [-0.4, -0.2) is 31.6 Å². The molecule has 0 spiro atoms. The normalized spacial score (nSPS) is 16.6. The summed E-state index contributed by atoms with van der Waals surface area (Å²) in [4.78, 5) is 48.0. The highest BCUT2D eigenvalue weighted by Gasteiger charge is 2.43. The number of nitrogens with zero attached hydrogens (tertiary/aromatic N) is 3. The highest BCUT2D eigenvalue weighted by Crippen LogP contribution is 2.33. The molecule has 3 heterocycles. The van der Waals surface area contributed by atoms with Crippen molar-refractivity contribution in [1.29, 1.82) is 0 Å². The van der Waals surface area contributed by atoms with Crippen LogP contribution in [0, 0.1) is 6.92 Å². The highest BCUT2D eigenvalue weighted by atomic mass is 16.2. The maximum atomic E-state index is 13.3. The molecule has 162 valence electrons. The van der Waals surface area contributed by atoms with Gasteiger partial charge in [-0.1, -0.05) is 38.1 Å². The fourth-order valence-corrected chi connectivity index (χ4v) is 4.30. The minimum atomic E-state index is -0.832. The number of benzene rings is 2. The van der Waals surface area contributed by atoms with Gasteiger partial charge in [-0.25, -0.2) is 4.98 Å². The minimum Gasteiger partial charge on any atom is -0.322 e. The summed E-state index contributed by atoms with van der Waals surface area (Å²) >= 11 is 0. The number of hydrogen-bond acceptors (Lipinski definition) is 4. The summed E-state index contributed by atoms with van der Waals surface area (Å²) in [6.45, 7) is 5.89. The number of nitrogens with one attached hydrogen (secondary N) is 2. The molecule has 5 rings (SSSR count). The van der Waals surface area contributed by atoms with Crippen molar-refractivity contribution in [3.63, 3.8) is 0 Å². The van der Waals surface area contributed by atoms with Gasteiger partial charge in [-0.3, -0.25) is 24.4 Å². The van der Waals surface area contributed by atoms with Crippen LogP contribution in [0.25, 0.3) is 17.0 Å². The average molecular weight is 429 g/mol. The number of hydrogen-bond donors (Lipinski definition) is 2. The molecule has 0 radical (unpaired) electrons. The molecule has 0 saturated carbocycles. The first-order valence-corrected chi connectivity index (χ1v) is 10.6. The number of carbonyl (C=O) groups excluding carboxylic acids is 2. The number of carbonyl (C=O) groups is 2. The Balaban J connectivity index is 1.51. The standard InChI is InChI=1S/C24H23N5O3/c1-13(2)15-8-10-16(11-9-15)28-20(30)12-17(22(28)31)21-14(3)27-29(23(21)32)24-25-18-6-4-5-7-19(18)26-24/h4-11,13,17,27H,12H2,1-3H3,(H,25,26)/t17-/m0/s1. The summed E-state index contributed by atoms with van der Waals surface area (Å²) in [5.41, 5.74) is 3.63. The molecule has 0 aliphatic carbocycles. The van der Waals surface area contributed by atoms with Crippen molar-refractivity contribution in [2.75, 3.05) is 4.90 Å². The topological polar surface area (TPSA) is 104 Å². The van der Waals surface area contributed by atoms with Crippen molar-refractivity contribution in [2.45, 2.75) is 39.0 Å². The second-order valence-corrected chi connectivity index (χ2v) is 8.44. The van der Waals surface area contributed by atoms with Crippen molar-refractivity contribution in [2.24, 2.45) is 0 Å². The van der Waals surface area contributed by atoms with E-state index in [4.69, 9.17) is 0 Å². The van der Waals surface area contributed by atoms with E-state index in [0.29, 0.717) is 28.8 Å². The first-order chi connectivity index (χ1) is 15.3. The van der Waals surface area contributed by atoms with Gasteiger partial charge >= 0.3 is 0 Å². The molecule has 8 heteroatoms. The van der Waals surface area contributed by atoms with Gasteiger partial charge in [-0.2, -0.15) is 4.68 Å². The van der Waals surface area contributed by atoms with E-state index in [0.717, 1.165) is 16.6 Å². The number of aryl methyl sites for hydroxylation is 1. The molecular weight excluding hydrogens is 406 g/mol. The fourth-order valence-electron chi connectivity index (χ4n) is 4.30. The van der Waals surface area contributed by atoms with Gasteiger partial charge in [0, 0.05) is 12.1 Å². The lowest BCUT2D eigenvalue weighted by Gasteiger charge is -2.16. The van der Waals surface area contributed by atoms with Crippen LogP contribution < -0.4 is 10.5 Å². The van der Waals surface area contributed by atoms with Crippen LogP contribution in [0.3, 0.4) is 0 Å². The third-order valence-corrected chi connectivity index (χ3v) is 6.02. The van der Waals surface area contributed by atoms with E-state index in [2.05, 4.69) is 28.9 Å². The lowest BCUT2D eigenvalue weighted by atomic mass is 9.98. The molecule has 2 aromatic heterocycles. The lowest BCUT2D eigenvalue weighted by molar-refractivity contribution is -0.121. The molecule has 1 aliphatic heterocycles. The summed E-state index contributed by atoms with van der Waals surface area (Å²) in [5, 5.41) is 3.01.